The molecule has 2 heteroatoms. The van der Waals surface area contributed by atoms with Gasteiger partial charge in [0.1, 0.15) is 0 Å². The molecule has 18 heavy (non-hydrogen) atoms. The second-order valence-electron chi connectivity index (χ2n) is 5.54. The maximum absolute atomic E-state index is 11.4. The maximum Gasteiger partial charge on any atom is 0.309 e. The van der Waals surface area contributed by atoms with E-state index in [-0.39, 0.29) is 5.97 Å². The van der Waals surface area contributed by atoms with E-state index in [4.69, 9.17) is 4.74 Å². The molecule has 0 aliphatic carbocycles. The molecule has 0 saturated carbocycles. The van der Waals surface area contributed by atoms with Crippen LogP contribution in [-0.2, 0) is 9.53 Å². The number of allylic oxidation sites excluding steroid dienone is 1. The van der Waals surface area contributed by atoms with Gasteiger partial charge in [0.05, 0.1) is 13.0 Å². The predicted octanol–water partition coefficient (Wildman–Crippen LogP) is 4.74. The lowest BCUT2D eigenvalue weighted by Gasteiger charge is -2.06. The summed E-state index contributed by atoms with van der Waals surface area (Å²) in [6.45, 7) is 9.05. The van der Waals surface area contributed by atoms with E-state index in [1.165, 1.54) is 32.1 Å². The Morgan fingerprint density at radius 2 is 1.89 bits per heavy atom. The maximum atomic E-state index is 11.4. The second kappa shape index (κ2) is 11.3. The van der Waals surface area contributed by atoms with E-state index in [1.54, 1.807) is 0 Å². The van der Waals surface area contributed by atoms with Crippen LogP contribution in [0.5, 0.6) is 0 Å². The molecule has 106 valence electrons. The number of carbonyl (C=O) groups excluding carboxylic acids is 1. The van der Waals surface area contributed by atoms with Gasteiger partial charge < -0.3 is 4.74 Å². The van der Waals surface area contributed by atoms with Crippen LogP contribution in [0.1, 0.15) is 66.2 Å². The third-order valence-electron chi connectivity index (χ3n) is 2.84. The van der Waals surface area contributed by atoms with Crippen LogP contribution in [0.2, 0.25) is 0 Å². The molecule has 2 nitrogen and oxygen atoms in total. The summed E-state index contributed by atoms with van der Waals surface area (Å²) in [5.74, 6) is 0.869. The Balaban J connectivity index is 3.57. The molecule has 1 unspecified atom stereocenters. The second-order valence-corrected chi connectivity index (χ2v) is 5.54. The Kier molecular flexibility index (Phi) is 10.8. The molecule has 0 aromatic rings. The van der Waals surface area contributed by atoms with Gasteiger partial charge in [-0.2, -0.15) is 0 Å². The highest BCUT2D eigenvalue weighted by molar-refractivity contribution is 5.71. The smallest absolute Gasteiger partial charge is 0.309 e. The molecule has 0 rings (SSSR count). The van der Waals surface area contributed by atoms with Gasteiger partial charge in [-0.3, -0.25) is 4.79 Å². The van der Waals surface area contributed by atoms with Crippen LogP contribution in [0.4, 0.5) is 0 Å². The van der Waals surface area contributed by atoms with Crippen molar-refractivity contribution in [3.63, 3.8) is 0 Å². The predicted molar refractivity (Wildman–Crippen MR) is 77.5 cm³/mol. The lowest BCUT2D eigenvalue weighted by molar-refractivity contribution is -0.143. The van der Waals surface area contributed by atoms with Gasteiger partial charge in [0.2, 0.25) is 0 Å². The molecule has 0 spiro atoms. The Labute approximate surface area is 113 Å². The van der Waals surface area contributed by atoms with E-state index < -0.39 is 0 Å². The quantitative estimate of drug-likeness (QED) is 0.320. The molecule has 0 radical (unpaired) electrons. The van der Waals surface area contributed by atoms with Crippen LogP contribution in [0, 0.1) is 11.8 Å². The highest BCUT2D eigenvalue weighted by Crippen LogP contribution is 2.11. The molecule has 0 aromatic heterocycles. The zero-order valence-corrected chi connectivity index (χ0v) is 12.6. The summed E-state index contributed by atoms with van der Waals surface area (Å²) in [6, 6.07) is 0. The van der Waals surface area contributed by atoms with Gasteiger partial charge in [-0.25, -0.2) is 0 Å². The summed E-state index contributed by atoms with van der Waals surface area (Å²) >= 11 is 0. The molecule has 1 atom stereocenters. The van der Waals surface area contributed by atoms with Gasteiger partial charge in [-0.15, -0.1) is 0 Å². The molecule has 0 aliphatic heterocycles. The molecule has 0 bridgehead atoms. The van der Waals surface area contributed by atoms with Crippen LogP contribution >= 0.6 is 0 Å². The Morgan fingerprint density at radius 1 is 1.17 bits per heavy atom. The van der Waals surface area contributed by atoms with Crippen molar-refractivity contribution in [1.29, 1.82) is 0 Å². The topological polar surface area (TPSA) is 26.3 Å². The van der Waals surface area contributed by atoms with E-state index in [0.29, 0.717) is 24.9 Å². The summed E-state index contributed by atoms with van der Waals surface area (Å²) in [5, 5.41) is 0. The van der Waals surface area contributed by atoms with Gasteiger partial charge in [0.15, 0.2) is 0 Å². The van der Waals surface area contributed by atoms with Crippen molar-refractivity contribution in [2.45, 2.75) is 66.2 Å². The highest BCUT2D eigenvalue weighted by atomic mass is 16.5. The third kappa shape index (κ3) is 11.7. The van der Waals surface area contributed by atoms with Crippen molar-refractivity contribution in [3.05, 3.63) is 12.2 Å². The Hall–Kier alpha value is -0.790. The number of hydrogen-bond acceptors (Lipinski definition) is 2. The van der Waals surface area contributed by atoms with Crippen LogP contribution in [0.25, 0.3) is 0 Å². The fourth-order valence-electron chi connectivity index (χ4n) is 1.70. The molecule has 0 fully saturated rings. The lowest BCUT2D eigenvalue weighted by atomic mass is 10.0. The van der Waals surface area contributed by atoms with E-state index in [9.17, 15) is 4.79 Å². The third-order valence-corrected chi connectivity index (χ3v) is 2.84. The lowest BCUT2D eigenvalue weighted by Crippen LogP contribution is -2.08. The van der Waals surface area contributed by atoms with Crippen LogP contribution < -0.4 is 0 Å². The molecule has 0 N–H and O–H groups in total. The first-order chi connectivity index (χ1) is 8.56. The Bertz CT molecular complexity index is 231. The van der Waals surface area contributed by atoms with Gasteiger partial charge in [0.25, 0.3) is 0 Å². The van der Waals surface area contributed by atoms with E-state index in [1.807, 2.05) is 19.9 Å². The van der Waals surface area contributed by atoms with Crippen LogP contribution in [0.15, 0.2) is 12.2 Å². The van der Waals surface area contributed by atoms with E-state index >= 15 is 0 Å². The van der Waals surface area contributed by atoms with Crippen molar-refractivity contribution in [3.8, 4) is 0 Å². The van der Waals surface area contributed by atoms with Crippen molar-refractivity contribution in [2.75, 3.05) is 6.61 Å². The standard InChI is InChI=1S/C16H30O2/c1-5-6-7-8-10-15(4)11-9-12-16(17)18-13-14(2)3/h9,11,14-15H,5-8,10,12-13H2,1-4H3/b11-9-. The van der Waals surface area contributed by atoms with E-state index in [2.05, 4.69) is 19.9 Å². The zero-order valence-electron chi connectivity index (χ0n) is 12.6. The SMILES string of the molecule is CCCCCCC(C)/C=C\CC(=O)OCC(C)C. The number of ether oxygens (including phenoxy) is 1. The average molecular weight is 254 g/mol. The summed E-state index contributed by atoms with van der Waals surface area (Å²) in [6.07, 6.45) is 10.9. The van der Waals surface area contributed by atoms with Crippen molar-refractivity contribution >= 4 is 5.97 Å². The number of esters is 1. The number of rotatable bonds is 10. The summed E-state index contributed by atoms with van der Waals surface area (Å²) in [4.78, 5) is 11.4. The van der Waals surface area contributed by atoms with E-state index in [0.717, 1.165) is 0 Å². The Morgan fingerprint density at radius 3 is 2.50 bits per heavy atom. The van der Waals surface area contributed by atoms with Crippen LogP contribution in [0.3, 0.4) is 0 Å². The normalized spacial score (nSPS) is 13.2. The van der Waals surface area contributed by atoms with Crippen LogP contribution in [-0.4, -0.2) is 12.6 Å². The number of carbonyl (C=O) groups is 1. The molecule has 0 aromatic carbocycles. The first-order valence-corrected chi connectivity index (χ1v) is 7.38. The molecular weight excluding hydrogens is 224 g/mol. The molecule has 0 amide bonds. The van der Waals surface area contributed by atoms with Gasteiger partial charge >= 0.3 is 5.97 Å². The number of hydrogen-bond donors (Lipinski definition) is 0. The molecular formula is C16H30O2. The largest absolute Gasteiger partial charge is 0.465 e. The fraction of sp³-hybridized carbons (Fsp3) is 0.812. The van der Waals surface area contributed by atoms with Gasteiger partial charge in [0, 0.05) is 0 Å². The van der Waals surface area contributed by atoms with Gasteiger partial charge in [-0.05, 0) is 18.3 Å². The molecule has 0 saturated heterocycles. The van der Waals surface area contributed by atoms with Gasteiger partial charge in [-0.1, -0.05) is 65.5 Å². The zero-order chi connectivity index (χ0) is 13.8. The number of unbranched alkanes of at least 4 members (excludes halogenated alkanes) is 3. The molecule has 0 aliphatic rings. The monoisotopic (exact) mass is 254 g/mol. The molecule has 0 heterocycles. The minimum absolute atomic E-state index is 0.113. The van der Waals surface area contributed by atoms with Crippen molar-refractivity contribution in [2.24, 2.45) is 11.8 Å². The first kappa shape index (κ1) is 17.2. The summed E-state index contributed by atoms with van der Waals surface area (Å²) in [5.41, 5.74) is 0. The fourth-order valence-corrected chi connectivity index (χ4v) is 1.70. The summed E-state index contributed by atoms with van der Waals surface area (Å²) in [7, 11) is 0. The minimum Gasteiger partial charge on any atom is -0.465 e. The first-order valence-electron chi connectivity index (χ1n) is 7.38. The highest BCUT2D eigenvalue weighted by Gasteiger charge is 2.02. The van der Waals surface area contributed by atoms with Crippen molar-refractivity contribution in [1.82, 2.24) is 0 Å². The summed E-state index contributed by atoms with van der Waals surface area (Å²) < 4.78 is 5.11. The minimum atomic E-state index is -0.113. The average Bonchev–Trinajstić information content (AvgIpc) is 2.32. The van der Waals surface area contributed by atoms with Crippen molar-refractivity contribution < 1.29 is 9.53 Å².